The number of rotatable bonds is 13. The van der Waals surface area contributed by atoms with Crippen LogP contribution in [-0.4, -0.2) is 55.2 Å². The summed E-state index contributed by atoms with van der Waals surface area (Å²) in [5.41, 5.74) is 1.85. The Kier molecular flexibility index (Phi) is 9.22. The summed E-state index contributed by atoms with van der Waals surface area (Å²) < 4.78 is 12.9. The lowest BCUT2D eigenvalue weighted by Gasteiger charge is -2.16. The van der Waals surface area contributed by atoms with Gasteiger partial charge in [-0.25, -0.2) is 0 Å². The van der Waals surface area contributed by atoms with Crippen molar-refractivity contribution in [1.82, 2.24) is 26.1 Å². The molecule has 3 N–H and O–H groups in total. The average Bonchev–Trinajstić information content (AvgIpc) is 3.64. The average molecular weight is 572 g/mol. The predicted molar refractivity (Wildman–Crippen MR) is 161 cm³/mol. The fourth-order valence-electron chi connectivity index (χ4n) is 4.65. The maximum absolute atomic E-state index is 12.9. The molecule has 0 radical (unpaired) electrons. The highest BCUT2D eigenvalue weighted by Crippen LogP contribution is 2.34. The fraction of sp³-hybridized carbons (Fsp3) is 0.290. The number of ether oxygens (including phenoxy) is 1. The molecule has 0 aliphatic heterocycles. The Morgan fingerprint density at radius 1 is 1.02 bits per heavy atom. The van der Waals surface area contributed by atoms with Crippen LogP contribution in [-0.2, 0) is 22.4 Å². The number of hydrogen-bond acceptors (Lipinski definition) is 8. The van der Waals surface area contributed by atoms with Gasteiger partial charge in [0.25, 0.3) is 5.89 Å². The van der Waals surface area contributed by atoms with E-state index in [4.69, 9.17) is 9.26 Å². The van der Waals surface area contributed by atoms with Crippen LogP contribution in [0, 0.1) is 0 Å². The monoisotopic (exact) mass is 571 g/mol. The second kappa shape index (κ2) is 13.4. The first-order valence-electron chi connectivity index (χ1n) is 13.6. The lowest BCUT2D eigenvalue weighted by atomic mass is 10.0. The molecule has 1 unspecified atom stereocenters. The lowest BCUT2D eigenvalue weighted by Crippen LogP contribution is -2.44. The number of carbonyl (C=O) groups is 2. The Bertz CT molecular complexity index is 1650. The van der Waals surface area contributed by atoms with Crippen molar-refractivity contribution >= 4 is 44.0 Å². The normalized spacial score (nSPS) is 12.0. The first kappa shape index (κ1) is 28.3. The summed E-state index contributed by atoms with van der Waals surface area (Å²) in [6.45, 7) is 1.01. The second-order valence-corrected chi connectivity index (χ2v) is 10.6. The quantitative estimate of drug-likeness (QED) is 0.178. The van der Waals surface area contributed by atoms with Crippen LogP contribution in [0.5, 0.6) is 5.75 Å². The van der Waals surface area contributed by atoms with Crippen LogP contribution in [0.15, 0.2) is 70.6 Å². The van der Waals surface area contributed by atoms with E-state index in [1.807, 2.05) is 55.6 Å². The zero-order valence-corrected chi connectivity index (χ0v) is 23.9. The summed E-state index contributed by atoms with van der Waals surface area (Å²) in [5, 5.41) is 18.1. The molecule has 212 valence electrons. The topological polar surface area (TPSA) is 118 Å². The molecule has 0 spiro atoms. The molecule has 3 aromatic carbocycles. The minimum Gasteiger partial charge on any atom is -0.493 e. The van der Waals surface area contributed by atoms with Gasteiger partial charge < -0.3 is 25.2 Å². The molecule has 0 bridgehead atoms. The molecule has 0 aliphatic rings. The van der Waals surface area contributed by atoms with Gasteiger partial charge in [0, 0.05) is 18.3 Å². The maximum atomic E-state index is 12.9. The minimum atomic E-state index is -0.299. The fourth-order valence-corrected chi connectivity index (χ4v) is 5.63. The smallest absolute Gasteiger partial charge is 0.261 e. The van der Waals surface area contributed by atoms with E-state index in [0.717, 1.165) is 23.6 Å². The van der Waals surface area contributed by atoms with Crippen LogP contribution >= 0.6 is 11.3 Å². The van der Waals surface area contributed by atoms with E-state index in [0.29, 0.717) is 42.6 Å². The number of hydrogen-bond donors (Lipinski definition) is 3. The molecule has 0 aliphatic carbocycles. The van der Waals surface area contributed by atoms with Crippen LogP contribution in [0.3, 0.4) is 0 Å². The van der Waals surface area contributed by atoms with E-state index in [1.54, 1.807) is 18.4 Å². The zero-order valence-electron chi connectivity index (χ0n) is 23.1. The van der Waals surface area contributed by atoms with Crippen LogP contribution < -0.4 is 20.7 Å². The van der Waals surface area contributed by atoms with Gasteiger partial charge in [0.1, 0.15) is 5.75 Å². The first-order chi connectivity index (χ1) is 20.1. The molecular formula is C31H33N5O4S. The molecule has 5 aromatic rings. The number of carbonyl (C=O) groups excluding carboxylic acids is 2. The zero-order chi connectivity index (χ0) is 28.6. The molecule has 1 atom stereocenters. The summed E-state index contributed by atoms with van der Waals surface area (Å²) in [7, 11) is 3.38. The van der Waals surface area contributed by atoms with Crippen LogP contribution in [0.2, 0.25) is 0 Å². The van der Waals surface area contributed by atoms with E-state index >= 15 is 0 Å². The first-order valence-corrected chi connectivity index (χ1v) is 14.5. The van der Waals surface area contributed by atoms with Gasteiger partial charge in [0.15, 0.2) is 5.82 Å². The third kappa shape index (κ3) is 6.90. The summed E-state index contributed by atoms with van der Waals surface area (Å²) in [6, 6.07) is 19.9. The van der Waals surface area contributed by atoms with E-state index < -0.39 is 0 Å². The number of nitrogens with zero attached hydrogens (tertiary/aromatic N) is 2. The van der Waals surface area contributed by atoms with Gasteiger partial charge >= 0.3 is 0 Å². The second-order valence-electron chi connectivity index (χ2n) is 9.71. The number of fused-ring (bicyclic) bond motifs is 2. The van der Waals surface area contributed by atoms with Crippen molar-refractivity contribution in [2.45, 2.75) is 31.7 Å². The van der Waals surface area contributed by atoms with E-state index in [9.17, 15) is 9.59 Å². The minimum absolute atomic E-state index is 0.00975. The van der Waals surface area contributed by atoms with Gasteiger partial charge in [-0.2, -0.15) is 4.98 Å². The number of aromatic nitrogens is 2. The number of unbranched alkanes of at least 4 members (excludes halogenated alkanes) is 1. The molecule has 0 fully saturated rings. The van der Waals surface area contributed by atoms with Crippen molar-refractivity contribution in [2.75, 3.05) is 27.2 Å². The highest BCUT2D eigenvalue weighted by Gasteiger charge is 2.19. The Morgan fingerprint density at radius 2 is 1.80 bits per heavy atom. The van der Waals surface area contributed by atoms with Gasteiger partial charge in [0.05, 0.1) is 24.6 Å². The van der Waals surface area contributed by atoms with E-state index in [1.165, 1.54) is 15.6 Å². The SMILES string of the molecule is CNC(=O)Cc1noc(-c2cc3ccccc3cc2OCCCCNC(=O)C(Cc2csc3ccccc23)NC)n1. The molecule has 2 amide bonds. The van der Waals surface area contributed by atoms with Crippen molar-refractivity contribution < 1.29 is 18.8 Å². The summed E-state index contributed by atoms with van der Waals surface area (Å²) in [6.07, 6.45) is 2.19. The van der Waals surface area contributed by atoms with Crippen molar-refractivity contribution in [2.24, 2.45) is 0 Å². The van der Waals surface area contributed by atoms with E-state index in [-0.39, 0.29) is 24.3 Å². The Hall–Kier alpha value is -4.28. The number of nitrogens with one attached hydrogen (secondary N) is 3. The summed E-state index contributed by atoms with van der Waals surface area (Å²) in [4.78, 5) is 29.0. The predicted octanol–water partition coefficient (Wildman–Crippen LogP) is 4.50. The molecule has 41 heavy (non-hydrogen) atoms. The number of benzene rings is 3. The van der Waals surface area contributed by atoms with Gasteiger partial charge in [-0.1, -0.05) is 47.6 Å². The highest BCUT2D eigenvalue weighted by atomic mass is 32.1. The van der Waals surface area contributed by atoms with Crippen LogP contribution in [0.25, 0.3) is 32.3 Å². The number of amides is 2. The van der Waals surface area contributed by atoms with Crippen LogP contribution in [0.1, 0.15) is 24.2 Å². The van der Waals surface area contributed by atoms with Gasteiger partial charge in [0.2, 0.25) is 11.8 Å². The molecule has 9 nitrogen and oxygen atoms in total. The van der Waals surface area contributed by atoms with E-state index in [2.05, 4.69) is 43.6 Å². The standard InChI is InChI=1S/C31H33N5O4S/c1-32-25(16-22-19-41-27-12-6-5-11-23(22)27)30(38)34-13-7-8-14-39-26-17-21-10-4-3-9-20(21)15-24(26)31-35-28(36-40-31)18-29(37)33-2/h3-6,9-12,15,17,19,25,32H,7-8,13-14,16,18H2,1-2H3,(H,33,37)(H,34,38). The number of thiophene rings is 1. The third-order valence-electron chi connectivity index (χ3n) is 6.92. The Balaban J connectivity index is 1.15. The van der Waals surface area contributed by atoms with Crippen molar-refractivity contribution in [1.29, 1.82) is 0 Å². The molecule has 5 rings (SSSR count). The molecule has 0 saturated carbocycles. The van der Waals surface area contributed by atoms with Crippen molar-refractivity contribution in [3.63, 3.8) is 0 Å². The molecular weight excluding hydrogens is 538 g/mol. The number of likely N-dealkylation sites (N-methyl/N-ethyl adjacent to an activating group) is 2. The lowest BCUT2D eigenvalue weighted by molar-refractivity contribution is -0.123. The third-order valence-corrected chi connectivity index (χ3v) is 7.93. The van der Waals surface area contributed by atoms with Gasteiger partial charge in [-0.3, -0.25) is 9.59 Å². The van der Waals surface area contributed by atoms with Crippen molar-refractivity contribution in [3.05, 3.63) is 77.4 Å². The Morgan fingerprint density at radius 3 is 2.61 bits per heavy atom. The molecule has 10 heteroatoms. The molecule has 2 heterocycles. The largest absolute Gasteiger partial charge is 0.493 e. The summed E-state index contributed by atoms with van der Waals surface area (Å²) in [5.74, 6) is 1.03. The van der Waals surface area contributed by atoms with Crippen molar-refractivity contribution in [3.8, 4) is 17.2 Å². The molecule has 2 aromatic heterocycles. The highest BCUT2D eigenvalue weighted by molar-refractivity contribution is 7.17. The van der Waals surface area contributed by atoms with Gasteiger partial charge in [-0.05, 0) is 71.6 Å². The van der Waals surface area contributed by atoms with Crippen LogP contribution in [0.4, 0.5) is 0 Å². The maximum Gasteiger partial charge on any atom is 0.261 e. The Labute approximate surface area is 242 Å². The molecule has 0 saturated heterocycles. The summed E-state index contributed by atoms with van der Waals surface area (Å²) >= 11 is 1.70. The van der Waals surface area contributed by atoms with Gasteiger partial charge in [-0.15, -0.1) is 11.3 Å².